The number of aromatic nitrogens is 5. The molecule has 5 rings (SSSR count). The summed E-state index contributed by atoms with van der Waals surface area (Å²) < 4.78 is 1.74. The zero-order chi connectivity index (χ0) is 21.7. The van der Waals surface area contributed by atoms with Gasteiger partial charge in [0.2, 0.25) is 0 Å². The molecule has 1 amide bonds. The zero-order valence-corrected chi connectivity index (χ0v) is 17.8. The van der Waals surface area contributed by atoms with Crippen molar-refractivity contribution >= 4 is 27.8 Å². The van der Waals surface area contributed by atoms with Crippen molar-refractivity contribution in [2.75, 3.05) is 6.54 Å². The molecule has 8 nitrogen and oxygen atoms in total. The Hall–Kier alpha value is -3.55. The SMILES string of the molecule is CCN(Cc1nc2ccccc2c(=O)[nH]1)C(=O)c1cc(C2CC2)nc2c1c(C)nn2C. The van der Waals surface area contributed by atoms with Gasteiger partial charge in [0, 0.05) is 25.2 Å². The van der Waals surface area contributed by atoms with E-state index in [-0.39, 0.29) is 18.0 Å². The average Bonchev–Trinajstić information content (AvgIpc) is 3.57. The van der Waals surface area contributed by atoms with E-state index in [0.717, 1.165) is 35.3 Å². The summed E-state index contributed by atoms with van der Waals surface area (Å²) in [5.74, 6) is 0.776. The van der Waals surface area contributed by atoms with Crippen LogP contribution in [0.1, 0.15) is 53.3 Å². The van der Waals surface area contributed by atoms with Crippen molar-refractivity contribution < 1.29 is 4.79 Å². The van der Waals surface area contributed by atoms with E-state index in [4.69, 9.17) is 4.98 Å². The second-order valence-electron chi connectivity index (χ2n) is 8.13. The van der Waals surface area contributed by atoms with E-state index in [2.05, 4.69) is 15.1 Å². The van der Waals surface area contributed by atoms with Gasteiger partial charge in [-0.2, -0.15) is 5.10 Å². The Labute approximate surface area is 178 Å². The first kappa shape index (κ1) is 19.4. The number of benzene rings is 1. The van der Waals surface area contributed by atoms with Crippen molar-refractivity contribution in [2.45, 2.75) is 39.2 Å². The predicted molar refractivity (Wildman–Crippen MR) is 118 cm³/mol. The fourth-order valence-corrected chi connectivity index (χ4v) is 4.11. The number of nitrogens with one attached hydrogen (secondary N) is 1. The molecule has 0 atom stereocenters. The van der Waals surface area contributed by atoms with E-state index in [9.17, 15) is 9.59 Å². The van der Waals surface area contributed by atoms with Crippen LogP contribution in [0.3, 0.4) is 0 Å². The van der Waals surface area contributed by atoms with Crippen LogP contribution in [-0.4, -0.2) is 42.1 Å². The highest BCUT2D eigenvalue weighted by molar-refractivity contribution is 6.06. The summed E-state index contributed by atoms with van der Waals surface area (Å²) in [5.41, 5.74) is 3.50. The molecule has 8 heteroatoms. The van der Waals surface area contributed by atoms with Crippen LogP contribution in [0.4, 0.5) is 0 Å². The van der Waals surface area contributed by atoms with E-state index in [1.165, 1.54) is 0 Å². The third-order valence-electron chi connectivity index (χ3n) is 5.89. The van der Waals surface area contributed by atoms with Crippen molar-refractivity contribution in [3.8, 4) is 0 Å². The first-order valence-electron chi connectivity index (χ1n) is 10.6. The highest BCUT2D eigenvalue weighted by Crippen LogP contribution is 2.40. The minimum absolute atomic E-state index is 0.108. The van der Waals surface area contributed by atoms with Crippen molar-refractivity contribution in [2.24, 2.45) is 7.05 Å². The summed E-state index contributed by atoms with van der Waals surface area (Å²) in [6.45, 7) is 4.53. The second-order valence-corrected chi connectivity index (χ2v) is 8.13. The molecule has 158 valence electrons. The second kappa shape index (κ2) is 7.30. The first-order chi connectivity index (χ1) is 15.0. The highest BCUT2D eigenvalue weighted by atomic mass is 16.2. The number of para-hydroxylation sites is 1. The topological polar surface area (TPSA) is 96.8 Å². The number of H-pyrrole nitrogens is 1. The van der Waals surface area contributed by atoms with Gasteiger partial charge < -0.3 is 9.88 Å². The molecule has 0 saturated heterocycles. The quantitative estimate of drug-likeness (QED) is 0.539. The smallest absolute Gasteiger partial charge is 0.258 e. The number of carbonyl (C=O) groups excluding carboxylic acids is 1. The summed E-state index contributed by atoms with van der Waals surface area (Å²) in [6.07, 6.45) is 2.20. The summed E-state index contributed by atoms with van der Waals surface area (Å²) in [4.78, 5) is 40.0. The molecule has 1 aromatic carbocycles. The molecule has 0 unspecified atom stereocenters. The minimum atomic E-state index is -0.200. The van der Waals surface area contributed by atoms with Gasteiger partial charge in [-0.05, 0) is 44.9 Å². The monoisotopic (exact) mass is 416 g/mol. The predicted octanol–water partition coefficient (Wildman–Crippen LogP) is 3.05. The summed E-state index contributed by atoms with van der Waals surface area (Å²) in [6, 6.07) is 9.13. The lowest BCUT2D eigenvalue weighted by molar-refractivity contribution is 0.0750. The van der Waals surface area contributed by atoms with Crippen LogP contribution in [0.25, 0.3) is 21.9 Å². The maximum Gasteiger partial charge on any atom is 0.258 e. The Bertz CT molecular complexity index is 1380. The molecule has 0 bridgehead atoms. The lowest BCUT2D eigenvalue weighted by Gasteiger charge is -2.21. The third-order valence-corrected chi connectivity index (χ3v) is 5.89. The molecular weight excluding hydrogens is 392 g/mol. The van der Waals surface area contributed by atoms with E-state index in [1.807, 2.05) is 39.1 Å². The molecule has 0 radical (unpaired) electrons. The molecule has 0 aliphatic heterocycles. The van der Waals surface area contributed by atoms with Crippen LogP contribution in [0.15, 0.2) is 35.1 Å². The van der Waals surface area contributed by atoms with E-state index < -0.39 is 0 Å². The summed E-state index contributed by atoms with van der Waals surface area (Å²) >= 11 is 0. The van der Waals surface area contributed by atoms with Gasteiger partial charge in [-0.25, -0.2) is 9.97 Å². The molecule has 31 heavy (non-hydrogen) atoms. The van der Waals surface area contributed by atoms with Gasteiger partial charge in [-0.15, -0.1) is 0 Å². The van der Waals surface area contributed by atoms with Gasteiger partial charge in [-0.3, -0.25) is 14.3 Å². The molecule has 4 aromatic rings. The van der Waals surface area contributed by atoms with Gasteiger partial charge in [0.05, 0.1) is 34.1 Å². The molecule has 1 aliphatic carbocycles. The standard InChI is InChI=1S/C23H24N6O2/c1-4-29(12-19-24-17-8-6-5-7-15(17)22(30)26-19)23(31)16-11-18(14-9-10-14)25-21-20(16)13(2)27-28(21)3/h5-8,11,14H,4,9-10,12H2,1-3H3,(H,24,26,30). The molecule has 0 spiro atoms. The molecular formula is C23H24N6O2. The first-order valence-corrected chi connectivity index (χ1v) is 10.6. The number of hydrogen-bond donors (Lipinski definition) is 1. The number of hydrogen-bond acceptors (Lipinski definition) is 5. The molecule has 3 heterocycles. The lowest BCUT2D eigenvalue weighted by atomic mass is 10.1. The van der Waals surface area contributed by atoms with Crippen molar-refractivity contribution in [1.29, 1.82) is 0 Å². The average molecular weight is 416 g/mol. The summed E-state index contributed by atoms with van der Waals surface area (Å²) in [7, 11) is 1.86. The van der Waals surface area contributed by atoms with Crippen LogP contribution in [0.2, 0.25) is 0 Å². The van der Waals surface area contributed by atoms with Crippen LogP contribution >= 0.6 is 0 Å². The fraction of sp³-hybridized carbons (Fsp3) is 0.348. The number of fused-ring (bicyclic) bond motifs is 2. The molecule has 1 fully saturated rings. The number of nitrogens with zero attached hydrogens (tertiary/aromatic N) is 5. The van der Waals surface area contributed by atoms with E-state index in [0.29, 0.717) is 34.8 Å². The number of rotatable bonds is 5. The maximum atomic E-state index is 13.6. The van der Waals surface area contributed by atoms with Crippen LogP contribution in [0, 0.1) is 6.92 Å². The third kappa shape index (κ3) is 3.37. The van der Waals surface area contributed by atoms with Gasteiger partial charge >= 0.3 is 0 Å². The van der Waals surface area contributed by atoms with Crippen LogP contribution in [-0.2, 0) is 13.6 Å². The largest absolute Gasteiger partial charge is 0.331 e. The number of pyridine rings is 1. The minimum Gasteiger partial charge on any atom is -0.331 e. The Morgan fingerprint density at radius 3 is 2.77 bits per heavy atom. The Kier molecular flexibility index (Phi) is 4.57. The summed E-state index contributed by atoms with van der Waals surface area (Å²) in [5, 5.41) is 5.82. The number of aryl methyl sites for hydroxylation is 2. The Morgan fingerprint density at radius 2 is 2.03 bits per heavy atom. The molecule has 3 aromatic heterocycles. The van der Waals surface area contributed by atoms with Crippen LogP contribution < -0.4 is 5.56 Å². The van der Waals surface area contributed by atoms with E-state index in [1.54, 1.807) is 21.7 Å². The highest BCUT2D eigenvalue weighted by Gasteiger charge is 2.29. The fourth-order valence-electron chi connectivity index (χ4n) is 4.11. The molecule has 1 aliphatic rings. The van der Waals surface area contributed by atoms with Gasteiger partial charge in [-0.1, -0.05) is 12.1 Å². The Balaban J connectivity index is 1.56. The van der Waals surface area contributed by atoms with Crippen molar-refractivity contribution in [1.82, 2.24) is 29.6 Å². The van der Waals surface area contributed by atoms with Gasteiger partial charge in [0.15, 0.2) is 5.65 Å². The lowest BCUT2D eigenvalue weighted by Crippen LogP contribution is -2.32. The van der Waals surface area contributed by atoms with Gasteiger partial charge in [0.25, 0.3) is 11.5 Å². The molecule has 1 saturated carbocycles. The number of amides is 1. The maximum absolute atomic E-state index is 13.6. The zero-order valence-electron chi connectivity index (χ0n) is 17.8. The van der Waals surface area contributed by atoms with Crippen molar-refractivity contribution in [3.63, 3.8) is 0 Å². The number of aromatic amines is 1. The Morgan fingerprint density at radius 1 is 1.26 bits per heavy atom. The molecule has 1 N–H and O–H groups in total. The number of carbonyl (C=O) groups is 1. The normalized spacial score (nSPS) is 13.8. The van der Waals surface area contributed by atoms with Crippen molar-refractivity contribution in [3.05, 3.63) is 63.5 Å². The van der Waals surface area contributed by atoms with Gasteiger partial charge in [0.1, 0.15) is 5.82 Å². The van der Waals surface area contributed by atoms with Crippen LogP contribution in [0.5, 0.6) is 0 Å². The van der Waals surface area contributed by atoms with E-state index >= 15 is 0 Å².